The molecule has 1 saturated heterocycles. The van der Waals surface area contributed by atoms with E-state index in [2.05, 4.69) is 32.9 Å². The van der Waals surface area contributed by atoms with Gasteiger partial charge in [0.25, 0.3) is 0 Å². The highest BCUT2D eigenvalue weighted by Crippen LogP contribution is 2.38. The number of aromatic amines is 2. The van der Waals surface area contributed by atoms with Crippen molar-refractivity contribution in [3.05, 3.63) is 109 Å². The summed E-state index contributed by atoms with van der Waals surface area (Å²) in [7, 11) is -0.861. The zero-order valence-corrected chi connectivity index (χ0v) is 34.3. The number of terminal acetylenes is 1. The molecule has 0 spiro atoms. The maximum atomic E-state index is 12.7. The number of sulfonamides is 2. The molecule has 2 aliphatic heterocycles. The summed E-state index contributed by atoms with van der Waals surface area (Å²) in [6, 6.07) is 30.8. The Morgan fingerprint density at radius 2 is 1.24 bits per heavy atom. The van der Waals surface area contributed by atoms with Gasteiger partial charge in [-0.3, -0.25) is 0 Å². The van der Waals surface area contributed by atoms with Gasteiger partial charge in [0.05, 0.1) is 23.0 Å². The van der Waals surface area contributed by atoms with Crippen LogP contribution < -0.4 is 4.90 Å². The largest absolute Gasteiger partial charge is 0.373 e. The van der Waals surface area contributed by atoms with Crippen molar-refractivity contribution in [2.24, 2.45) is 5.92 Å². The van der Waals surface area contributed by atoms with Gasteiger partial charge in [0.15, 0.2) is 0 Å². The fourth-order valence-electron chi connectivity index (χ4n) is 6.90. The van der Waals surface area contributed by atoms with E-state index < -0.39 is 20.0 Å². The molecule has 4 heterocycles. The number of hydrogen-bond donors (Lipinski definition) is 2. The van der Waals surface area contributed by atoms with Gasteiger partial charge in [0.2, 0.25) is 20.0 Å². The van der Waals surface area contributed by atoms with Crippen LogP contribution in [-0.2, 0) is 24.8 Å². The van der Waals surface area contributed by atoms with E-state index in [0.717, 1.165) is 80.7 Å². The molecule has 6 aromatic rings. The summed E-state index contributed by atoms with van der Waals surface area (Å²) in [5, 5.41) is 2.18. The molecule has 0 bridgehead atoms. The molecule has 0 aliphatic carbocycles. The van der Waals surface area contributed by atoms with Crippen LogP contribution in [0, 0.1) is 18.3 Å². The Morgan fingerprint density at radius 1 is 0.724 bits per heavy atom. The Bertz CT molecular complexity index is 2600. The maximum Gasteiger partial charge on any atom is 0.242 e. The Morgan fingerprint density at radius 3 is 1.72 bits per heavy atom. The Kier molecular flexibility index (Phi) is 15.0. The third-order valence-corrected chi connectivity index (χ3v) is 13.6. The smallest absolute Gasteiger partial charge is 0.242 e. The molecule has 58 heavy (non-hydrogen) atoms. The van der Waals surface area contributed by atoms with Crippen molar-refractivity contribution in [1.29, 1.82) is 0 Å². The Balaban J connectivity index is 0.000000374. The fourth-order valence-corrected chi connectivity index (χ4v) is 8.76. The Hall–Kier alpha value is -5.16. The molecule has 0 saturated carbocycles. The van der Waals surface area contributed by atoms with Crippen LogP contribution in [0.15, 0.2) is 113 Å². The first kappa shape index (κ1) is 45.5. The van der Waals surface area contributed by atoms with Crippen LogP contribution in [0.1, 0.15) is 43.5 Å². The van der Waals surface area contributed by atoms with Gasteiger partial charge in [-0.2, -0.15) is 0 Å². The number of aromatic nitrogens is 2. The first-order valence-electron chi connectivity index (χ1n) is 18.6. The molecule has 0 amide bonds. The molecule has 1 unspecified atom stereocenters. The summed E-state index contributed by atoms with van der Waals surface area (Å²) >= 11 is 0. The summed E-state index contributed by atoms with van der Waals surface area (Å²) in [5.41, 5.74) is 8.64. The van der Waals surface area contributed by atoms with Crippen molar-refractivity contribution in [2.45, 2.75) is 44.9 Å². The van der Waals surface area contributed by atoms with Gasteiger partial charge >= 0.3 is 0 Å². The summed E-state index contributed by atoms with van der Waals surface area (Å²) in [4.78, 5) is 9.65. The lowest BCUT2D eigenvalue weighted by Gasteiger charge is -2.22. The molecule has 1 fully saturated rings. The molecule has 2 aliphatic rings. The van der Waals surface area contributed by atoms with E-state index in [4.69, 9.17) is 11.2 Å². The van der Waals surface area contributed by atoms with E-state index in [0.29, 0.717) is 13.2 Å². The first-order chi connectivity index (χ1) is 26.9. The van der Waals surface area contributed by atoms with Crippen LogP contribution in [0.3, 0.4) is 0 Å². The molecular weight excluding hydrogens is 767 g/mol. The summed E-state index contributed by atoms with van der Waals surface area (Å²) < 4.78 is 58.5. The van der Waals surface area contributed by atoms with E-state index >= 15 is 0 Å². The summed E-state index contributed by atoms with van der Waals surface area (Å²) in [6.45, 7) is 6.76. The molecule has 4 aromatic carbocycles. The van der Waals surface area contributed by atoms with Gasteiger partial charge in [-0.15, -0.1) is 12.3 Å². The normalized spacial score (nSPS) is 15.2. The number of anilines is 1. The summed E-state index contributed by atoms with van der Waals surface area (Å²) in [6.07, 6.45) is 8.61. The molecule has 2 aromatic heterocycles. The number of para-hydroxylation sites is 2. The van der Waals surface area contributed by atoms with Crippen molar-refractivity contribution in [2.75, 3.05) is 59.4 Å². The van der Waals surface area contributed by atoms with Crippen molar-refractivity contribution in [1.82, 2.24) is 18.6 Å². The number of hydrogen-bond acceptors (Lipinski definition) is 6. The average molecular weight is 828 g/mol. The van der Waals surface area contributed by atoms with Crippen LogP contribution in [0.5, 0.6) is 0 Å². The molecular formula is C46H61N5O5S2. The van der Waals surface area contributed by atoms with Crippen LogP contribution in [0.25, 0.3) is 49.9 Å². The van der Waals surface area contributed by atoms with E-state index in [9.17, 15) is 16.8 Å². The minimum Gasteiger partial charge on any atom is -0.373 e. The number of rotatable bonds is 8. The number of benzene rings is 4. The number of nitrogens with one attached hydrogen (secondary N) is 2. The van der Waals surface area contributed by atoms with Crippen LogP contribution >= 0.6 is 0 Å². The zero-order chi connectivity index (χ0) is 40.2. The minimum atomic E-state index is -3.52. The quantitative estimate of drug-likeness (QED) is 0.148. The third kappa shape index (κ3) is 9.25. The predicted molar refractivity (Wildman–Crippen MR) is 246 cm³/mol. The van der Waals surface area contributed by atoms with Crippen LogP contribution in [0.2, 0.25) is 0 Å². The molecule has 10 nitrogen and oxygen atoms in total. The van der Waals surface area contributed by atoms with Crippen molar-refractivity contribution < 1.29 is 24.4 Å². The molecule has 312 valence electrons. The highest BCUT2D eigenvalue weighted by atomic mass is 32.2. The molecule has 1 atom stereocenters. The van der Waals surface area contributed by atoms with E-state index in [1.807, 2.05) is 80.6 Å². The minimum absolute atomic E-state index is 0. The van der Waals surface area contributed by atoms with Crippen molar-refractivity contribution in [3.63, 3.8) is 0 Å². The van der Waals surface area contributed by atoms with Crippen molar-refractivity contribution in [3.8, 4) is 34.9 Å². The van der Waals surface area contributed by atoms with Gasteiger partial charge < -0.3 is 19.6 Å². The maximum absolute atomic E-state index is 12.7. The van der Waals surface area contributed by atoms with Crippen LogP contribution in [-0.4, -0.2) is 89.9 Å². The van der Waals surface area contributed by atoms with Gasteiger partial charge in [0, 0.05) is 100 Å². The zero-order valence-electron chi connectivity index (χ0n) is 32.7. The van der Waals surface area contributed by atoms with Gasteiger partial charge in [-0.25, -0.2) is 25.4 Å². The van der Waals surface area contributed by atoms with Gasteiger partial charge in [-0.1, -0.05) is 77.2 Å². The summed E-state index contributed by atoms with van der Waals surface area (Å²) in [5.74, 6) is 3.07. The Labute approximate surface area is 348 Å². The second kappa shape index (κ2) is 19.1. The SMILES string of the molecule is C.C.C#CC1CCN(c2ccc(S(=O)(=O)N(C)C)cc2-c2cc3ccccc3[nH]2)C1.CC.CN(C)S(=O)(=O)c1ccc(C2=CCOC2)c(-c2cc3ccccc3[nH]2)c1.[HH].[HH]. The van der Waals surface area contributed by atoms with E-state index in [1.54, 1.807) is 52.5 Å². The van der Waals surface area contributed by atoms with Gasteiger partial charge in [-0.05, 0) is 72.2 Å². The highest BCUT2D eigenvalue weighted by molar-refractivity contribution is 7.89. The first-order valence-corrected chi connectivity index (χ1v) is 21.5. The number of fused-ring (bicyclic) bond motifs is 2. The van der Waals surface area contributed by atoms with E-state index in [-0.39, 0.29) is 33.4 Å². The lowest BCUT2D eigenvalue weighted by molar-refractivity contribution is 0.216. The fraction of sp³-hybridized carbons (Fsp3) is 0.304. The van der Waals surface area contributed by atoms with Gasteiger partial charge in [0.1, 0.15) is 0 Å². The average Bonchev–Trinajstić information content (AvgIpc) is 4.05. The number of ether oxygens (including phenoxy) is 1. The molecule has 0 radical (unpaired) electrons. The monoisotopic (exact) mass is 827 g/mol. The standard InChI is InChI=1S/C22H23N3O2S.C20H20N2O3S.C2H6.2CH4.2H2/c1-4-16-11-12-25(15-16)22-10-9-18(28(26,27)24(2)3)14-19(22)21-13-17-7-5-6-8-20(17)23-21;1-22(2)26(23,24)16-7-8-17(15-9-10-25-13-15)18(12-16)20-11-14-5-3-4-6-19(14)21-20;1-2;;;;/h1,5-10,13-14,16,23H,11-12,15H2,2-3H3;3-9,11-12,21H,10,13H2,1-2H3;1-2H3;2*1H4;2*1H. The highest BCUT2D eigenvalue weighted by Gasteiger charge is 2.26. The predicted octanol–water partition coefficient (Wildman–Crippen LogP) is 9.83. The lowest BCUT2D eigenvalue weighted by atomic mass is 9.98. The van der Waals surface area contributed by atoms with E-state index in [1.165, 1.54) is 8.61 Å². The lowest BCUT2D eigenvalue weighted by Crippen LogP contribution is -2.23. The third-order valence-electron chi connectivity index (χ3n) is 9.97. The number of H-pyrrole nitrogens is 2. The molecule has 12 heteroatoms. The second-order valence-corrected chi connectivity index (χ2v) is 18.1. The van der Waals surface area contributed by atoms with Crippen molar-refractivity contribution >= 4 is 53.1 Å². The molecule has 2 N–H and O–H groups in total. The number of nitrogens with zero attached hydrogens (tertiary/aromatic N) is 3. The second-order valence-electron chi connectivity index (χ2n) is 13.8. The molecule has 8 rings (SSSR count). The van der Waals surface area contributed by atoms with Crippen LogP contribution in [0.4, 0.5) is 5.69 Å². The topological polar surface area (TPSA) is 119 Å².